The number of carboxylic acids is 1. The minimum absolute atomic E-state index is 0.00765. The highest BCUT2D eigenvalue weighted by Crippen LogP contribution is 2.44. The van der Waals surface area contributed by atoms with Gasteiger partial charge in [0, 0.05) is 19.0 Å². The third kappa shape index (κ3) is 5.65. The predicted molar refractivity (Wildman–Crippen MR) is 130 cm³/mol. The number of fused-ring (bicyclic) bond motifs is 3. The van der Waals surface area contributed by atoms with Crippen molar-refractivity contribution in [1.82, 2.24) is 10.2 Å². The van der Waals surface area contributed by atoms with Crippen molar-refractivity contribution >= 4 is 18.0 Å². The zero-order valence-corrected chi connectivity index (χ0v) is 20.1. The molecule has 2 aromatic rings. The average molecular weight is 481 g/mol. The first-order chi connectivity index (χ1) is 16.8. The van der Waals surface area contributed by atoms with Gasteiger partial charge in [0.25, 0.3) is 0 Å². The van der Waals surface area contributed by atoms with E-state index in [4.69, 9.17) is 9.47 Å². The van der Waals surface area contributed by atoms with Gasteiger partial charge in [0.2, 0.25) is 5.91 Å². The summed E-state index contributed by atoms with van der Waals surface area (Å²) in [7, 11) is 0. The van der Waals surface area contributed by atoms with E-state index >= 15 is 0 Å². The number of rotatable bonds is 8. The monoisotopic (exact) mass is 480 g/mol. The van der Waals surface area contributed by atoms with Crippen LogP contribution in [-0.4, -0.2) is 66.9 Å². The number of carbonyl (C=O) groups excluding carboxylic acids is 2. The quantitative estimate of drug-likeness (QED) is 0.599. The van der Waals surface area contributed by atoms with Crippen molar-refractivity contribution in [2.75, 3.05) is 32.8 Å². The number of hydrogen-bond donors (Lipinski definition) is 2. The molecule has 1 aliphatic carbocycles. The van der Waals surface area contributed by atoms with E-state index in [9.17, 15) is 19.5 Å². The molecule has 186 valence electrons. The van der Waals surface area contributed by atoms with Crippen LogP contribution >= 0.6 is 0 Å². The summed E-state index contributed by atoms with van der Waals surface area (Å²) < 4.78 is 10.8. The molecule has 0 bridgehead atoms. The van der Waals surface area contributed by atoms with Crippen LogP contribution in [0.25, 0.3) is 11.1 Å². The molecule has 35 heavy (non-hydrogen) atoms. The van der Waals surface area contributed by atoms with Gasteiger partial charge in [-0.25, -0.2) is 9.59 Å². The molecule has 0 radical (unpaired) electrons. The lowest BCUT2D eigenvalue weighted by molar-refractivity contribution is -0.160. The Balaban J connectivity index is 1.36. The molecule has 1 fully saturated rings. The summed E-state index contributed by atoms with van der Waals surface area (Å²) in [5.41, 5.74) is 4.58. The zero-order chi connectivity index (χ0) is 24.9. The fraction of sp³-hybridized carbons (Fsp3) is 0.444. The van der Waals surface area contributed by atoms with Gasteiger partial charge < -0.3 is 24.8 Å². The number of benzene rings is 2. The van der Waals surface area contributed by atoms with E-state index in [0.29, 0.717) is 13.0 Å². The fourth-order valence-electron chi connectivity index (χ4n) is 4.95. The van der Waals surface area contributed by atoms with Crippen LogP contribution in [0.5, 0.6) is 0 Å². The first kappa shape index (κ1) is 24.7. The molecule has 2 atom stereocenters. The average Bonchev–Trinajstić information content (AvgIpc) is 3.18. The molecule has 0 spiro atoms. The van der Waals surface area contributed by atoms with Crippen LogP contribution in [-0.2, 0) is 19.1 Å². The van der Waals surface area contributed by atoms with Crippen LogP contribution in [0, 0.1) is 11.8 Å². The van der Waals surface area contributed by atoms with Crippen molar-refractivity contribution in [3.63, 3.8) is 0 Å². The highest BCUT2D eigenvalue weighted by Gasteiger charge is 2.33. The molecule has 8 nitrogen and oxygen atoms in total. The number of nitrogens with zero attached hydrogens (tertiary/aromatic N) is 1. The molecule has 8 heteroatoms. The molecule has 2 amide bonds. The number of aliphatic carboxylic acids is 1. The van der Waals surface area contributed by atoms with Gasteiger partial charge in [-0.15, -0.1) is 0 Å². The summed E-state index contributed by atoms with van der Waals surface area (Å²) in [4.78, 5) is 38.5. The van der Waals surface area contributed by atoms with Crippen molar-refractivity contribution in [2.45, 2.75) is 32.3 Å². The second-order valence-corrected chi connectivity index (χ2v) is 9.51. The summed E-state index contributed by atoms with van der Waals surface area (Å²) in [6.07, 6.45) is -1.03. The maximum absolute atomic E-state index is 13.1. The molecule has 2 aromatic carbocycles. The molecule has 2 N–H and O–H groups in total. The van der Waals surface area contributed by atoms with Crippen molar-refractivity contribution in [1.29, 1.82) is 0 Å². The van der Waals surface area contributed by atoms with Gasteiger partial charge in [-0.1, -0.05) is 62.4 Å². The third-order valence-corrected chi connectivity index (χ3v) is 6.60. The van der Waals surface area contributed by atoms with Crippen LogP contribution in [0.3, 0.4) is 0 Å². The molecular formula is C27H32N2O6. The first-order valence-electron chi connectivity index (χ1n) is 12.1. The van der Waals surface area contributed by atoms with Crippen LogP contribution < -0.4 is 5.32 Å². The molecule has 1 saturated heterocycles. The normalized spacial score (nSPS) is 18.0. The minimum atomic E-state index is -1.08. The van der Waals surface area contributed by atoms with Crippen LogP contribution in [0.4, 0.5) is 4.79 Å². The van der Waals surface area contributed by atoms with Gasteiger partial charge in [0.05, 0.1) is 19.1 Å². The summed E-state index contributed by atoms with van der Waals surface area (Å²) >= 11 is 0. The van der Waals surface area contributed by atoms with Gasteiger partial charge >= 0.3 is 12.1 Å². The van der Waals surface area contributed by atoms with Crippen molar-refractivity contribution in [3.8, 4) is 11.1 Å². The number of morpholine rings is 1. The second-order valence-electron chi connectivity index (χ2n) is 9.51. The van der Waals surface area contributed by atoms with Crippen LogP contribution in [0.15, 0.2) is 48.5 Å². The summed E-state index contributed by atoms with van der Waals surface area (Å²) in [6, 6.07) is 16.3. The smallest absolute Gasteiger partial charge is 0.407 e. The van der Waals surface area contributed by atoms with Crippen LogP contribution in [0.1, 0.15) is 37.3 Å². The molecular weight excluding hydrogens is 448 g/mol. The maximum atomic E-state index is 13.1. The number of nitrogens with one attached hydrogen (secondary N) is 1. The zero-order valence-electron chi connectivity index (χ0n) is 20.1. The number of hydrogen-bond acceptors (Lipinski definition) is 5. The Kier molecular flexibility index (Phi) is 7.70. The van der Waals surface area contributed by atoms with Gasteiger partial charge in [0.15, 0.2) is 6.10 Å². The third-order valence-electron chi connectivity index (χ3n) is 6.60. The van der Waals surface area contributed by atoms with E-state index in [1.165, 1.54) is 4.90 Å². The summed E-state index contributed by atoms with van der Waals surface area (Å²) in [5.74, 6) is -1.54. The highest BCUT2D eigenvalue weighted by molar-refractivity contribution is 5.82. The molecule has 1 heterocycles. The van der Waals surface area contributed by atoms with Gasteiger partial charge in [-0.2, -0.15) is 0 Å². The molecule has 2 aliphatic rings. The van der Waals surface area contributed by atoms with Crippen molar-refractivity contribution < 1.29 is 29.0 Å². The van der Waals surface area contributed by atoms with E-state index in [1.807, 2.05) is 38.1 Å². The van der Waals surface area contributed by atoms with E-state index < -0.39 is 24.1 Å². The molecule has 0 aromatic heterocycles. The SMILES string of the molecule is CC(C)CC(CNC(=O)OCC1c2ccccc2-c2ccccc21)C(=O)N1CCOC(C(=O)O)C1. The Morgan fingerprint density at radius 1 is 1.09 bits per heavy atom. The Hall–Kier alpha value is -3.39. The van der Waals surface area contributed by atoms with E-state index in [1.54, 1.807) is 0 Å². The standard InChI is InChI=1S/C27H32N2O6/c1-17(2)13-18(25(30)29-11-12-34-24(15-29)26(31)32)14-28-27(33)35-16-23-21-9-5-3-7-19(21)20-8-4-6-10-22(20)23/h3-10,17-18,23-24H,11-16H2,1-2H3,(H,28,33)(H,31,32). The first-order valence-corrected chi connectivity index (χ1v) is 12.1. The Morgan fingerprint density at radius 3 is 2.31 bits per heavy atom. The lowest BCUT2D eigenvalue weighted by atomic mass is 9.95. The van der Waals surface area contributed by atoms with E-state index in [0.717, 1.165) is 22.3 Å². The Bertz CT molecular complexity index is 1040. The molecule has 1 aliphatic heterocycles. The second kappa shape index (κ2) is 10.9. The highest BCUT2D eigenvalue weighted by atomic mass is 16.5. The number of carboxylic acid groups (broad SMARTS) is 1. The molecule has 0 saturated carbocycles. The topological polar surface area (TPSA) is 105 Å². The van der Waals surface area contributed by atoms with E-state index in [-0.39, 0.29) is 44.0 Å². The van der Waals surface area contributed by atoms with E-state index in [2.05, 4.69) is 29.6 Å². The Morgan fingerprint density at radius 2 is 1.71 bits per heavy atom. The number of ether oxygens (including phenoxy) is 2. The lowest BCUT2D eigenvalue weighted by Crippen LogP contribution is -2.51. The van der Waals surface area contributed by atoms with Crippen molar-refractivity contribution in [2.24, 2.45) is 11.8 Å². The van der Waals surface area contributed by atoms with Gasteiger partial charge in [-0.3, -0.25) is 4.79 Å². The van der Waals surface area contributed by atoms with Gasteiger partial charge in [0.1, 0.15) is 6.61 Å². The van der Waals surface area contributed by atoms with Crippen molar-refractivity contribution in [3.05, 3.63) is 59.7 Å². The maximum Gasteiger partial charge on any atom is 0.407 e. The Labute approximate surface area is 205 Å². The lowest BCUT2D eigenvalue weighted by Gasteiger charge is -2.34. The van der Waals surface area contributed by atoms with Crippen LogP contribution in [0.2, 0.25) is 0 Å². The largest absolute Gasteiger partial charge is 0.479 e. The summed E-state index contributed by atoms with van der Waals surface area (Å²) in [5, 5.41) is 12.0. The number of amides is 2. The fourth-order valence-corrected chi connectivity index (χ4v) is 4.95. The minimum Gasteiger partial charge on any atom is -0.479 e. The van der Waals surface area contributed by atoms with Gasteiger partial charge in [-0.05, 0) is 34.6 Å². The number of carbonyl (C=O) groups is 3. The summed E-state index contributed by atoms with van der Waals surface area (Å²) in [6.45, 7) is 4.86. The molecule has 2 unspecified atom stereocenters. The number of alkyl carbamates (subject to hydrolysis) is 1. The predicted octanol–water partition coefficient (Wildman–Crippen LogP) is 3.50. The molecule has 4 rings (SSSR count).